The summed E-state index contributed by atoms with van der Waals surface area (Å²) in [6, 6.07) is 5.47. The lowest BCUT2D eigenvalue weighted by Gasteiger charge is -2.42. The first-order valence-corrected chi connectivity index (χ1v) is 7.36. The van der Waals surface area contributed by atoms with Crippen LogP contribution in [-0.2, 0) is 11.3 Å². The lowest BCUT2D eigenvalue weighted by Crippen LogP contribution is -2.49. The molecule has 2 N–H and O–H groups in total. The molecule has 21 heavy (non-hydrogen) atoms. The molecule has 6 heteroatoms. The zero-order valence-corrected chi connectivity index (χ0v) is 12.8. The Morgan fingerprint density at radius 3 is 2.86 bits per heavy atom. The molecular weight excluding hydrogens is 290 g/mol. The number of carbonyl (C=O) groups excluding carboxylic acids is 1. The number of nitrogens with two attached hydrogens (primary N) is 1. The van der Waals surface area contributed by atoms with Gasteiger partial charge in [-0.1, -0.05) is 6.07 Å². The van der Waals surface area contributed by atoms with Crippen LogP contribution in [0.3, 0.4) is 0 Å². The molecule has 116 valence electrons. The van der Waals surface area contributed by atoms with E-state index >= 15 is 0 Å². The van der Waals surface area contributed by atoms with Crippen LogP contribution in [0.4, 0.5) is 0 Å². The lowest BCUT2D eigenvalue weighted by atomic mass is 9.83. The molecule has 0 spiro atoms. The Morgan fingerprint density at radius 2 is 2.10 bits per heavy atom. The summed E-state index contributed by atoms with van der Waals surface area (Å²) in [5.41, 5.74) is 6.64. The molecule has 0 unspecified atom stereocenters. The molecule has 3 rings (SSSR count). The van der Waals surface area contributed by atoms with Gasteiger partial charge in [0.25, 0.3) is 5.56 Å². The Kier molecular flexibility index (Phi) is 5.06. The van der Waals surface area contributed by atoms with Gasteiger partial charge >= 0.3 is 0 Å². The van der Waals surface area contributed by atoms with E-state index in [0.717, 1.165) is 38.2 Å². The van der Waals surface area contributed by atoms with Gasteiger partial charge in [-0.25, -0.2) is 0 Å². The Bertz CT molecular complexity index is 572. The van der Waals surface area contributed by atoms with Gasteiger partial charge in [-0.2, -0.15) is 0 Å². The molecule has 2 atom stereocenters. The van der Waals surface area contributed by atoms with Crippen LogP contribution in [0.25, 0.3) is 0 Å². The molecule has 2 bridgehead atoms. The third-order valence-corrected chi connectivity index (χ3v) is 4.43. The number of aromatic nitrogens is 1. The third kappa shape index (κ3) is 3.14. The maximum Gasteiger partial charge on any atom is 0.250 e. The zero-order chi connectivity index (χ0) is 14.1. The van der Waals surface area contributed by atoms with Gasteiger partial charge < -0.3 is 15.2 Å². The number of hydrogen-bond acceptors (Lipinski definition) is 3. The van der Waals surface area contributed by atoms with E-state index in [0.29, 0.717) is 24.8 Å². The minimum absolute atomic E-state index is 0. The van der Waals surface area contributed by atoms with Gasteiger partial charge in [-0.15, -0.1) is 12.4 Å². The Labute approximate surface area is 130 Å². The van der Waals surface area contributed by atoms with Crippen LogP contribution < -0.4 is 11.3 Å². The van der Waals surface area contributed by atoms with Crippen LogP contribution in [0.1, 0.15) is 30.9 Å². The molecule has 0 aromatic carbocycles. The van der Waals surface area contributed by atoms with Gasteiger partial charge in [0.05, 0.1) is 0 Å². The minimum atomic E-state index is 0. The summed E-state index contributed by atoms with van der Waals surface area (Å²) in [6.07, 6.45) is 2.38. The second kappa shape index (κ2) is 6.62. The summed E-state index contributed by atoms with van der Waals surface area (Å²) in [6.45, 7) is 2.82. The first-order valence-electron chi connectivity index (χ1n) is 7.36. The van der Waals surface area contributed by atoms with Gasteiger partial charge in [0.1, 0.15) is 0 Å². The number of pyridine rings is 1. The highest BCUT2D eigenvalue weighted by atomic mass is 35.5. The van der Waals surface area contributed by atoms with Crippen molar-refractivity contribution in [1.29, 1.82) is 0 Å². The van der Waals surface area contributed by atoms with Gasteiger partial charge in [-0.05, 0) is 31.4 Å². The van der Waals surface area contributed by atoms with E-state index in [-0.39, 0.29) is 23.9 Å². The second-order valence-electron chi connectivity index (χ2n) is 5.89. The molecule has 0 aliphatic carbocycles. The monoisotopic (exact) mass is 311 g/mol. The maximum atomic E-state index is 12.2. The number of carbonyl (C=O) groups is 1. The summed E-state index contributed by atoms with van der Waals surface area (Å²) in [5.74, 6) is 0.915. The molecule has 5 nitrogen and oxygen atoms in total. The number of rotatable bonds is 3. The fraction of sp³-hybridized carbons (Fsp3) is 0.600. The number of hydrogen-bond donors (Lipinski definition) is 1. The second-order valence-corrected chi connectivity index (χ2v) is 5.89. The lowest BCUT2D eigenvalue weighted by molar-refractivity contribution is -0.134. The van der Waals surface area contributed by atoms with Crippen molar-refractivity contribution in [2.24, 2.45) is 11.7 Å². The summed E-state index contributed by atoms with van der Waals surface area (Å²) in [5, 5.41) is 0. The Morgan fingerprint density at radius 1 is 1.29 bits per heavy atom. The molecule has 0 radical (unpaired) electrons. The van der Waals surface area contributed by atoms with Crippen molar-refractivity contribution < 1.29 is 4.79 Å². The van der Waals surface area contributed by atoms with Crippen molar-refractivity contribution in [1.82, 2.24) is 9.47 Å². The first kappa shape index (κ1) is 16.0. The molecule has 0 saturated carbocycles. The largest absolute Gasteiger partial charge is 0.342 e. The van der Waals surface area contributed by atoms with Gasteiger partial charge in [0.2, 0.25) is 5.91 Å². The van der Waals surface area contributed by atoms with E-state index in [1.54, 1.807) is 6.07 Å². The van der Waals surface area contributed by atoms with Crippen molar-refractivity contribution >= 4 is 18.3 Å². The van der Waals surface area contributed by atoms with Crippen LogP contribution in [-0.4, -0.2) is 35.0 Å². The predicted octanol–water partition coefficient (Wildman–Crippen LogP) is 0.955. The van der Waals surface area contributed by atoms with E-state index in [2.05, 4.69) is 0 Å². The highest BCUT2D eigenvalue weighted by molar-refractivity contribution is 5.85. The SMILES string of the molecule is Cl.NCCCC(=O)N1C[C@@H]2C[C@@H](C1)c1cccc(=O)n1C2. The summed E-state index contributed by atoms with van der Waals surface area (Å²) in [4.78, 5) is 26.1. The summed E-state index contributed by atoms with van der Waals surface area (Å²) < 4.78 is 1.89. The number of halogens is 1. The molecule has 3 heterocycles. The quantitative estimate of drug-likeness (QED) is 0.904. The van der Waals surface area contributed by atoms with Gasteiger partial charge in [-0.3, -0.25) is 9.59 Å². The molecular formula is C15H22ClN3O2. The molecule has 1 saturated heterocycles. The molecule has 1 aromatic heterocycles. The molecule has 1 fully saturated rings. The van der Waals surface area contributed by atoms with E-state index in [4.69, 9.17) is 5.73 Å². The van der Waals surface area contributed by atoms with E-state index in [1.807, 2.05) is 21.6 Å². The van der Waals surface area contributed by atoms with E-state index in [1.165, 1.54) is 0 Å². The normalized spacial score (nSPS) is 23.2. The predicted molar refractivity (Wildman–Crippen MR) is 83.7 cm³/mol. The highest BCUT2D eigenvalue weighted by Gasteiger charge is 2.35. The standard InChI is InChI=1S/C15H21N3O2.ClH/c16-6-2-5-14(19)17-8-11-7-12(10-17)13-3-1-4-15(20)18(13)9-11;/h1,3-4,11-12H,2,5-10,16H2;1H/t11-,12-;/m0./s1. The Hall–Kier alpha value is -1.33. The van der Waals surface area contributed by atoms with Gasteiger partial charge in [0, 0.05) is 43.7 Å². The number of nitrogens with zero attached hydrogens (tertiary/aromatic N) is 2. The average Bonchev–Trinajstić information content (AvgIpc) is 2.46. The Balaban J connectivity index is 0.00000161. The van der Waals surface area contributed by atoms with Crippen molar-refractivity contribution in [2.75, 3.05) is 19.6 Å². The fourth-order valence-electron chi connectivity index (χ4n) is 3.51. The van der Waals surface area contributed by atoms with Crippen molar-refractivity contribution in [3.05, 3.63) is 34.2 Å². The van der Waals surface area contributed by atoms with E-state index in [9.17, 15) is 9.59 Å². The molecule has 1 amide bonds. The smallest absolute Gasteiger partial charge is 0.250 e. The van der Waals surface area contributed by atoms with Gasteiger partial charge in [0.15, 0.2) is 0 Å². The minimum Gasteiger partial charge on any atom is -0.342 e. The zero-order valence-electron chi connectivity index (χ0n) is 12.0. The number of fused-ring (bicyclic) bond motifs is 4. The van der Waals surface area contributed by atoms with Crippen LogP contribution in [0.2, 0.25) is 0 Å². The average molecular weight is 312 g/mol. The number of amides is 1. The molecule has 2 aliphatic rings. The maximum absolute atomic E-state index is 12.2. The van der Waals surface area contributed by atoms with Crippen LogP contribution >= 0.6 is 12.4 Å². The number of piperidine rings is 1. The van der Waals surface area contributed by atoms with Crippen molar-refractivity contribution in [2.45, 2.75) is 31.7 Å². The summed E-state index contributed by atoms with van der Waals surface area (Å²) in [7, 11) is 0. The number of likely N-dealkylation sites (tertiary alicyclic amines) is 1. The fourth-order valence-corrected chi connectivity index (χ4v) is 3.51. The van der Waals surface area contributed by atoms with E-state index < -0.39 is 0 Å². The van der Waals surface area contributed by atoms with Crippen molar-refractivity contribution in [3.63, 3.8) is 0 Å². The third-order valence-electron chi connectivity index (χ3n) is 4.43. The molecule has 1 aromatic rings. The topological polar surface area (TPSA) is 68.3 Å². The highest BCUT2D eigenvalue weighted by Crippen LogP contribution is 2.35. The van der Waals surface area contributed by atoms with Crippen molar-refractivity contribution in [3.8, 4) is 0 Å². The summed E-state index contributed by atoms with van der Waals surface area (Å²) >= 11 is 0. The molecule has 2 aliphatic heterocycles. The first-order chi connectivity index (χ1) is 9.69. The van der Waals surface area contributed by atoms with Crippen LogP contribution in [0.15, 0.2) is 23.0 Å². The van der Waals surface area contributed by atoms with Crippen LogP contribution in [0, 0.1) is 5.92 Å². The van der Waals surface area contributed by atoms with Crippen LogP contribution in [0.5, 0.6) is 0 Å².